The lowest BCUT2D eigenvalue weighted by molar-refractivity contribution is 0.117. The number of aliphatic hydroxyl groups is 1. The van der Waals surface area contributed by atoms with Crippen molar-refractivity contribution in [1.29, 1.82) is 0 Å². The Morgan fingerprint density at radius 2 is 2.00 bits per heavy atom. The number of carbonyl (C=O) groups is 1. The van der Waals surface area contributed by atoms with E-state index in [-0.39, 0.29) is 18.2 Å². The second kappa shape index (κ2) is 7.88. The Kier molecular flexibility index (Phi) is 5.87. The molecule has 3 N–H and O–H groups in total. The van der Waals surface area contributed by atoms with Gasteiger partial charge in [-0.1, -0.05) is 18.2 Å². The number of para-hydroxylation sites is 1. The number of ether oxygens (including phenoxy) is 1. The second-order valence-corrected chi connectivity index (χ2v) is 5.52. The molecule has 0 atom stereocenters. The SMILES string of the molecule is Cc1ccccc1OCCNC(=O)NC1CCC(O)CC1. The van der Waals surface area contributed by atoms with Gasteiger partial charge < -0.3 is 20.5 Å². The summed E-state index contributed by atoms with van der Waals surface area (Å²) >= 11 is 0. The van der Waals surface area contributed by atoms with Crippen molar-refractivity contribution in [2.45, 2.75) is 44.8 Å². The highest BCUT2D eigenvalue weighted by atomic mass is 16.5. The van der Waals surface area contributed by atoms with E-state index in [4.69, 9.17) is 4.74 Å². The highest BCUT2D eigenvalue weighted by Gasteiger charge is 2.20. The molecule has 1 aliphatic carbocycles. The van der Waals surface area contributed by atoms with Crippen LogP contribution in [0.1, 0.15) is 31.2 Å². The molecule has 0 aliphatic heterocycles. The molecule has 0 bridgehead atoms. The zero-order chi connectivity index (χ0) is 15.1. The minimum atomic E-state index is -0.200. The van der Waals surface area contributed by atoms with Gasteiger partial charge in [0.25, 0.3) is 0 Å². The maximum atomic E-state index is 11.7. The van der Waals surface area contributed by atoms with Crippen molar-refractivity contribution in [2.24, 2.45) is 0 Å². The van der Waals surface area contributed by atoms with Gasteiger partial charge in [-0.25, -0.2) is 4.79 Å². The van der Waals surface area contributed by atoms with E-state index in [1.165, 1.54) is 0 Å². The first-order valence-corrected chi connectivity index (χ1v) is 7.56. The van der Waals surface area contributed by atoms with E-state index in [9.17, 15) is 9.90 Å². The standard InChI is InChI=1S/C16H24N2O3/c1-12-4-2-3-5-15(12)21-11-10-17-16(20)18-13-6-8-14(19)9-7-13/h2-5,13-14,19H,6-11H2,1H3,(H2,17,18,20). The van der Waals surface area contributed by atoms with Crippen molar-refractivity contribution in [2.75, 3.05) is 13.2 Å². The van der Waals surface area contributed by atoms with E-state index in [2.05, 4.69) is 10.6 Å². The highest BCUT2D eigenvalue weighted by molar-refractivity contribution is 5.74. The summed E-state index contributed by atoms with van der Waals surface area (Å²) in [4.78, 5) is 11.7. The van der Waals surface area contributed by atoms with E-state index >= 15 is 0 Å². The van der Waals surface area contributed by atoms with Crippen LogP contribution in [0.25, 0.3) is 0 Å². The number of aliphatic hydroxyl groups excluding tert-OH is 1. The molecule has 0 radical (unpaired) electrons. The molecule has 1 aromatic rings. The molecule has 116 valence electrons. The number of hydrogen-bond donors (Lipinski definition) is 3. The summed E-state index contributed by atoms with van der Waals surface area (Å²) in [5, 5.41) is 15.1. The zero-order valence-electron chi connectivity index (χ0n) is 12.5. The summed E-state index contributed by atoms with van der Waals surface area (Å²) in [5.74, 6) is 0.848. The van der Waals surface area contributed by atoms with Crippen LogP contribution in [0.2, 0.25) is 0 Å². The second-order valence-electron chi connectivity index (χ2n) is 5.52. The van der Waals surface area contributed by atoms with Gasteiger partial charge in [0.1, 0.15) is 12.4 Å². The van der Waals surface area contributed by atoms with Gasteiger partial charge in [0.05, 0.1) is 12.6 Å². The van der Waals surface area contributed by atoms with Gasteiger partial charge in [-0.2, -0.15) is 0 Å². The number of benzene rings is 1. The number of aryl methyl sites for hydroxylation is 1. The molecular formula is C16H24N2O3. The van der Waals surface area contributed by atoms with Gasteiger partial charge in [0.15, 0.2) is 0 Å². The summed E-state index contributed by atoms with van der Waals surface area (Å²) < 4.78 is 5.62. The number of amides is 2. The largest absolute Gasteiger partial charge is 0.491 e. The molecule has 0 aromatic heterocycles. The van der Waals surface area contributed by atoms with Crippen molar-refractivity contribution >= 4 is 6.03 Å². The molecule has 0 saturated heterocycles. The third kappa shape index (κ3) is 5.27. The van der Waals surface area contributed by atoms with Crippen molar-refractivity contribution in [3.05, 3.63) is 29.8 Å². The molecule has 2 amide bonds. The van der Waals surface area contributed by atoms with Gasteiger partial charge in [-0.05, 0) is 44.2 Å². The summed E-state index contributed by atoms with van der Waals surface area (Å²) in [5.41, 5.74) is 1.09. The highest BCUT2D eigenvalue weighted by Crippen LogP contribution is 2.18. The van der Waals surface area contributed by atoms with E-state index < -0.39 is 0 Å². The zero-order valence-corrected chi connectivity index (χ0v) is 12.5. The lowest BCUT2D eigenvalue weighted by Gasteiger charge is -2.26. The molecule has 1 aliphatic rings. The van der Waals surface area contributed by atoms with E-state index in [1.807, 2.05) is 31.2 Å². The molecule has 1 aromatic carbocycles. The summed E-state index contributed by atoms with van der Waals surface area (Å²) in [7, 11) is 0. The Labute approximate surface area is 125 Å². The molecule has 2 rings (SSSR count). The van der Waals surface area contributed by atoms with Crippen molar-refractivity contribution in [3.63, 3.8) is 0 Å². The number of hydrogen-bond acceptors (Lipinski definition) is 3. The fourth-order valence-electron chi connectivity index (χ4n) is 2.50. The maximum absolute atomic E-state index is 11.7. The van der Waals surface area contributed by atoms with E-state index in [0.29, 0.717) is 13.2 Å². The smallest absolute Gasteiger partial charge is 0.315 e. The topological polar surface area (TPSA) is 70.6 Å². The first-order valence-electron chi connectivity index (χ1n) is 7.56. The van der Waals surface area contributed by atoms with Gasteiger partial charge >= 0.3 is 6.03 Å². The summed E-state index contributed by atoms with van der Waals surface area (Å²) in [6, 6.07) is 7.82. The number of nitrogens with one attached hydrogen (secondary N) is 2. The predicted octanol–water partition coefficient (Wildman–Crippen LogP) is 1.98. The van der Waals surface area contributed by atoms with Gasteiger partial charge in [0, 0.05) is 6.04 Å². The summed E-state index contributed by atoms with van der Waals surface area (Å²) in [6.07, 6.45) is 3.01. The van der Waals surface area contributed by atoms with Gasteiger partial charge in [-0.3, -0.25) is 0 Å². The number of carbonyl (C=O) groups excluding carboxylic acids is 1. The first kappa shape index (κ1) is 15.6. The van der Waals surface area contributed by atoms with Crippen molar-refractivity contribution in [1.82, 2.24) is 10.6 Å². The first-order chi connectivity index (χ1) is 10.1. The third-order valence-corrected chi connectivity index (χ3v) is 3.77. The van der Waals surface area contributed by atoms with Crippen LogP contribution in [0.5, 0.6) is 5.75 Å². The summed E-state index contributed by atoms with van der Waals surface area (Å²) in [6.45, 7) is 2.91. The van der Waals surface area contributed by atoms with Crippen LogP contribution < -0.4 is 15.4 Å². The fourth-order valence-corrected chi connectivity index (χ4v) is 2.50. The molecule has 5 nitrogen and oxygen atoms in total. The Morgan fingerprint density at radius 1 is 1.29 bits per heavy atom. The Hall–Kier alpha value is -1.75. The van der Waals surface area contributed by atoms with Crippen LogP contribution in [-0.2, 0) is 0 Å². The Morgan fingerprint density at radius 3 is 2.71 bits per heavy atom. The minimum absolute atomic E-state index is 0.162. The number of urea groups is 1. The predicted molar refractivity (Wildman–Crippen MR) is 81.5 cm³/mol. The molecule has 0 unspecified atom stereocenters. The van der Waals surface area contributed by atoms with Crippen molar-refractivity contribution < 1.29 is 14.6 Å². The lowest BCUT2D eigenvalue weighted by atomic mass is 9.93. The molecule has 1 saturated carbocycles. The van der Waals surface area contributed by atoms with Gasteiger partial charge in [0.2, 0.25) is 0 Å². The third-order valence-electron chi connectivity index (χ3n) is 3.77. The molecule has 21 heavy (non-hydrogen) atoms. The van der Waals surface area contributed by atoms with Crippen LogP contribution >= 0.6 is 0 Å². The van der Waals surface area contributed by atoms with E-state index in [0.717, 1.165) is 37.0 Å². The minimum Gasteiger partial charge on any atom is -0.491 e. The Bertz CT molecular complexity index is 457. The quantitative estimate of drug-likeness (QED) is 0.727. The van der Waals surface area contributed by atoms with Crippen LogP contribution in [0.4, 0.5) is 4.79 Å². The molecule has 5 heteroatoms. The van der Waals surface area contributed by atoms with Crippen LogP contribution in [0, 0.1) is 6.92 Å². The monoisotopic (exact) mass is 292 g/mol. The molecular weight excluding hydrogens is 268 g/mol. The Balaban J connectivity index is 1.60. The maximum Gasteiger partial charge on any atom is 0.315 e. The fraction of sp³-hybridized carbons (Fsp3) is 0.562. The normalized spacial score (nSPS) is 21.6. The molecule has 1 fully saturated rings. The van der Waals surface area contributed by atoms with Gasteiger partial charge in [-0.15, -0.1) is 0 Å². The average Bonchev–Trinajstić information content (AvgIpc) is 2.48. The average molecular weight is 292 g/mol. The van der Waals surface area contributed by atoms with Crippen LogP contribution in [0.15, 0.2) is 24.3 Å². The van der Waals surface area contributed by atoms with Crippen LogP contribution in [0.3, 0.4) is 0 Å². The van der Waals surface area contributed by atoms with E-state index in [1.54, 1.807) is 0 Å². The molecule has 0 spiro atoms. The van der Waals surface area contributed by atoms with Crippen molar-refractivity contribution in [3.8, 4) is 5.75 Å². The molecule has 0 heterocycles. The lowest BCUT2D eigenvalue weighted by Crippen LogP contribution is -2.45. The van der Waals surface area contributed by atoms with Crippen LogP contribution in [-0.4, -0.2) is 36.4 Å². The number of rotatable bonds is 5.